The number of carbonyl (C=O) groups excluding carboxylic acids is 1. The summed E-state index contributed by atoms with van der Waals surface area (Å²) in [6, 6.07) is 0. The van der Waals surface area contributed by atoms with Crippen molar-refractivity contribution in [3.63, 3.8) is 0 Å². The minimum Gasteiger partial charge on any atom is -0.315 e. The molecule has 0 amide bonds. The molecule has 0 radical (unpaired) electrons. The first-order valence-corrected chi connectivity index (χ1v) is 6.97. The molecule has 86 valence electrons. The maximum Gasteiger partial charge on any atom is 0.265 e. The van der Waals surface area contributed by atoms with Crippen molar-refractivity contribution >= 4 is 23.9 Å². The maximum atomic E-state index is 11.3. The topological polar surface area (TPSA) is 86.7 Å². The van der Waals surface area contributed by atoms with Crippen LogP contribution >= 0.6 is 8.03 Å². The Kier molecular flexibility index (Phi) is 5.76. The largest absolute Gasteiger partial charge is 0.315 e. The molecule has 2 atom stereocenters. The molecule has 2 unspecified atom stereocenters. The van der Waals surface area contributed by atoms with Gasteiger partial charge in [-0.2, -0.15) is 8.42 Å². The molecule has 0 rings (SSSR count). The third-order valence-corrected chi connectivity index (χ3v) is 3.25. The van der Waals surface area contributed by atoms with E-state index in [2.05, 4.69) is 8.71 Å². The van der Waals surface area contributed by atoms with E-state index in [1.807, 2.05) is 5.92 Å². The van der Waals surface area contributed by atoms with Crippen LogP contribution in [0, 0.1) is 12.3 Å². The molecule has 0 N–H and O–H groups in total. The summed E-state index contributed by atoms with van der Waals surface area (Å²) in [6.07, 6.45) is 5.59. The number of ketones is 1. The fourth-order valence-corrected chi connectivity index (χ4v) is 2.67. The van der Waals surface area contributed by atoms with Crippen LogP contribution < -0.4 is 0 Å². The van der Waals surface area contributed by atoms with Gasteiger partial charge in [0.25, 0.3) is 10.1 Å². The quantitative estimate of drug-likeness (QED) is 0.377. The predicted molar refractivity (Wildman–Crippen MR) is 54.2 cm³/mol. The molecular weight excluding hydrogens is 243 g/mol. The summed E-state index contributed by atoms with van der Waals surface area (Å²) in [4.78, 5) is 10.9. The molecule has 0 aliphatic carbocycles. The van der Waals surface area contributed by atoms with Crippen molar-refractivity contribution in [2.75, 3.05) is 12.9 Å². The van der Waals surface area contributed by atoms with Crippen molar-refractivity contribution in [1.29, 1.82) is 0 Å². The summed E-state index contributed by atoms with van der Waals surface area (Å²) in [5.74, 6) is -0.250. The fraction of sp³-hybridized carbons (Fsp3) is 0.571. The first kappa shape index (κ1) is 14.3. The SMILES string of the molecule is C#CCO[PH](=O)C(OS(C)(=O)=O)C(C)=O. The lowest BCUT2D eigenvalue weighted by atomic mass is 10.5. The smallest absolute Gasteiger partial charge is 0.265 e. The zero-order valence-corrected chi connectivity index (χ0v) is 10.0. The third-order valence-electron chi connectivity index (χ3n) is 1.15. The molecule has 0 aliphatic heterocycles. The fourth-order valence-electron chi connectivity index (χ4n) is 0.636. The molecule has 0 saturated carbocycles. The van der Waals surface area contributed by atoms with E-state index in [0.717, 1.165) is 13.2 Å². The van der Waals surface area contributed by atoms with E-state index < -0.39 is 29.8 Å². The van der Waals surface area contributed by atoms with E-state index in [4.69, 9.17) is 6.42 Å². The molecule has 0 aromatic heterocycles. The molecule has 0 aromatic rings. The van der Waals surface area contributed by atoms with Crippen LogP contribution in [0.3, 0.4) is 0 Å². The molecule has 0 aromatic carbocycles. The van der Waals surface area contributed by atoms with Crippen LogP contribution in [0.2, 0.25) is 0 Å². The minimum atomic E-state index is -3.87. The lowest BCUT2D eigenvalue weighted by Gasteiger charge is -2.11. The van der Waals surface area contributed by atoms with E-state index in [9.17, 15) is 17.8 Å². The minimum absolute atomic E-state index is 0.269. The monoisotopic (exact) mass is 254 g/mol. The highest BCUT2D eigenvalue weighted by Gasteiger charge is 2.27. The van der Waals surface area contributed by atoms with Crippen LogP contribution in [0.4, 0.5) is 0 Å². The van der Waals surface area contributed by atoms with E-state index in [-0.39, 0.29) is 6.61 Å². The van der Waals surface area contributed by atoms with Crippen LogP contribution in [-0.4, -0.2) is 32.9 Å². The van der Waals surface area contributed by atoms with Crippen molar-refractivity contribution in [2.45, 2.75) is 12.8 Å². The van der Waals surface area contributed by atoms with Gasteiger partial charge in [0.15, 0.2) is 5.78 Å². The highest BCUT2D eigenvalue weighted by Crippen LogP contribution is 2.31. The lowest BCUT2D eigenvalue weighted by molar-refractivity contribution is -0.120. The molecule has 0 aliphatic rings. The van der Waals surface area contributed by atoms with Crippen molar-refractivity contribution in [3.8, 4) is 12.3 Å². The van der Waals surface area contributed by atoms with E-state index >= 15 is 0 Å². The first-order chi connectivity index (χ1) is 6.78. The number of hydrogen-bond acceptors (Lipinski definition) is 6. The standard InChI is InChI=1S/C7H11O6PS/c1-4-5-12-14(9)7(6(2)8)13-15(3,10)11/h1,7,14H,5H2,2-3H3. The second kappa shape index (κ2) is 6.03. The van der Waals surface area contributed by atoms with E-state index in [1.54, 1.807) is 0 Å². The Morgan fingerprint density at radius 2 is 2.13 bits per heavy atom. The lowest BCUT2D eigenvalue weighted by Crippen LogP contribution is -2.22. The Morgan fingerprint density at radius 1 is 1.60 bits per heavy atom. The predicted octanol–water partition coefficient (Wildman–Crippen LogP) is 0.00220. The molecule has 15 heavy (non-hydrogen) atoms. The Labute approximate surface area is 88.9 Å². The number of terminal acetylenes is 1. The summed E-state index contributed by atoms with van der Waals surface area (Å²) in [6.45, 7) is 0.784. The van der Waals surface area contributed by atoms with Gasteiger partial charge in [0.1, 0.15) is 6.61 Å². The van der Waals surface area contributed by atoms with Crippen molar-refractivity contribution in [1.82, 2.24) is 0 Å². The van der Waals surface area contributed by atoms with Gasteiger partial charge in [-0.25, -0.2) is 4.18 Å². The van der Waals surface area contributed by atoms with Gasteiger partial charge in [-0.1, -0.05) is 5.92 Å². The van der Waals surface area contributed by atoms with Gasteiger partial charge in [-0.15, -0.1) is 6.42 Å². The zero-order valence-electron chi connectivity index (χ0n) is 8.22. The van der Waals surface area contributed by atoms with E-state index in [1.165, 1.54) is 0 Å². The zero-order chi connectivity index (χ0) is 12.1. The summed E-state index contributed by atoms with van der Waals surface area (Å²) in [5.41, 5.74) is 0. The normalized spacial score (nSPS) is 15.3. The molecule has 0 saturated heterocycles. The summed E-state index contributed by atoms with van der Waals surface area (Å²) in [5, 5.41) is 0. The van der Waals surface area contributed by atoms with Gasteiger partial charge in [-0.3, -0.25) is 9.36 Å². The Hall–Kier alpha value is -0.670. The van der Waals surface area contributed by atoms with Crippen molar-refractivity contribution < 1.29 is 26.5 Å². The number of Topliss-reactive ketones (excluding diaryl/α,β-unsaturated/α-hetero) is 1. The van der Waals surface area contributed by atoms with Crippen LogP contribution in [0.5, 0.6) is 0 Å². The van der Waals surface area contributed by atoms with Crippen LogP contribution in [0.1, 0.15) is 6.92 Å². The average molecular weight is 254 g/mol. The number of hydrogen-bond donors (Lipinski definition) is 0. The van der Waals surface area contributed by atoms with Gasteiger partial charge in [0.2, 0.25) is 13.9 Å². The Balaban J connectivity index is 4.62. The maximum absolute atomic E-state index is 11.3. The second-order valence-electron chi connectivity index (χ2n) is 2.60. The molecule has 0 bridgehead atoms. The van der Waals surface area contributed by atoms with Gasteiger partial charge in [0.05, 0.1) is 6.26 Å². The summed E-state index contributed by atoms with van der Waals surface area (Å²) in [7, 11) is -6.83. The molecular formula is C7H11O6PS. The molecule has 8 heteroatoms. The van der Waals surface area contributed by atoms with Crippen LogP contribution in [0.15, 0.2) is 0 Å². The van der Waals surface area contributed by atoms with Gasteiger partial charge in [-0.05, 0) is 6.92 Å². The highest BCUT2D eigenvalue weighted by atomic mass is 32.2. The Bertz CT molecular complexity index is 392. The van der Waals surface area contributed by atoms with Crippen molar-refractivity contribution in [2.24, 2.45) is 0 Å². The molecule has 0 spiro atoms. The number of carbonyl (C=O) groups is 1. The van der Waals surface area contributed by atoms with Gasteiger partial charge >= 0.3 is 0 Å². The van der Waals surface area contributed by atoms with Gasteiger partial charge < -0.3 is 4.52 Å². The van der Waals surface area contributed by atoms with E-state index in [0.29, 0.717) is 0 Å². The highest BCUT2D eigenvalue weighted by molar-refractivity contribution is 7.86. The molecule has 0 fully saturated rings. The molecule has 0 heterocycles. The van der Waals surface area contributed by atoms with Crippen molar-refractivity contribution in [3.05, 3.63) is 0 Å². The Morgan fingerprint density at radius 3 is 2.47 bits per heavy atom. The first-order valence-electron chi connectivity index (χ1n) is 3.76. The summed E-state index contributed by atoms with van der Waals surface area (Å²) >= 11 is 0. The molecule has 6 nitrogen and oxygen atoms in total. The van der Waals surface area contributed by atoms with Crippen LogP contribution in [-0.2, 0) is 28.2 Å². The average Bonchev–Trinajstić information content (AvgIpc) is 2.08. The number of rotatable bonds is 6. The second-order valence-corrected chi connectivity index (χ2v) is 5.65. The third kappa shape index (κ3) is 6.42. The summed E-state index contributed by atoms with van der Waals surface area (Å²) < 4.78 is 41.6. The van der Waals surface area contributed by atoms with Crippen LogP contribution in [0.25, 0.3) is 0 Å². The van der Waals surface area contributed by atoms with Gasteiger partial charge in [0, 0.05) is 0 Å².